The van der Waals surface area contributed by atoms with Gasteiger partial charge in [-0.2, -0.15) is 15.0 Å². The molecule has 1 atom stereocenters. The number of ether oxygens (including phenoxy) is 1. The second kappa shape index (κ2) is 6.67. The summed E-state index contributed by atoms with van der Waals surface area (Å²) < 4.78 is 5.51. The minimum Gasteiger partial charge on any atom is -0.381 e. The molecule has 1 aromatic heterocycles. The lowest BCUT2D eigenvalue weighted by atomic mass is 10.0. The Bertz CT molecular complexity index is 434. The monoisotopic (exact) mass is 281 g/mol. The number of anilines is 3. The standard InChI is InChI=1S/C12H23N7O/c1-18(2)11-14-10(17-13)15-12(16-11)19(3)7-9-5-4-6-20-8-9/h9H,4-8,13H2,1-3H3,(H,14,15,16,17). The molecule has 2 rings (SSSR count). The highest BCUT2D eigenvalue weighted by atomic mass is 16.5. The summed E-state index contributed by atoms with van der Waals surface area (Å²) >= 11 is 0. The maximum atomic E-state index is 5.51. The molecule has 3 N–H and O–H groups in total. The highest BCUT2D eigenvalue weighted by molar-refractivity contribution is 5.43. The molecule has 8 heteroatoms. The van der Waals surface area contributed by atoms with E-state index in [4.69, 9.17) is 10.6 Å². The first-order valence-corrected chi connectivity index (χ1v) is 6.79. The van der Waals surface area contributed by atoms with Crippen LogP contribution >= 0.6 is 0 Å². The van der Waals surface area contributed by atoms with Crippen molar-refractivity contribution in [2.45, 2.75) is 12.8 Å². The second-order valence-electron chi connectivity index (χ2n) is 5.26. The number of aromatic nitrogens is 3. The van der Waals surface area contributed by atoms with Crippen molar-refractivity contribution in [3.8, 4) is 0 Å². The summed E-state index contributed by atoms with van der Waals surface area (Å²) in [5.74, 6) is 7.49. The molecule has 0 aromatic carbocycles. The first-order chi connectivity index (χ1) is 9.60. The first kappa shape index (κ1) is 14.7. The number of nitrogens with one attached hydrogen (secondary N) is 1. The average Bonchev–Trinajstić information content (AvgIpc) is 2.47. The predicted molar refractivity (Wildman–Crippen MR) is 78.8 cm³/mol. The number of hydrazine groups is 1. The van der Waals surface area contributed by atoms with Gasteiger partial charge < -0.3 is 14.5 Å². The molecule has 1 aliphatic heterocycles. The Balaban J connectivity index is 2.11. The molecule has 112 valence electrons. The fraction of sp³-hybridized carbons (Fsp3) is 0.750. The molecule has 1 fully saturated rings. The van der Waals surface area contributed by atoms with Crippen LogP contribution in [0.1, 0.15) is 12.8 Å². The van der Waals surface area contributed by atoms with E-state index in [0.29, 0.717) is 23.8 Å². The molecule has 8 nitrogen and oxygen atoms in total. The van der Waals surface area contributed by atoms with Gasteiger partial charge in [-0.15, -0.1) is 0 Å². The molecule has 0 aliphatic carbocycles. The van der Waals surface area contributed by atoms with Crippen LogP contribution in [0.3, 0.4) is 0 Å². The molecule has 1 aliphatic rings. The van der Waals surface area contributed by atoms with Gasteiger partial charge in [0.25, 0.3) is 0 Å². The minimum atomic E-state index is 0.366. The Hall–Kier alpha value is -1.67. The van der Waals surface area contributed by atoms with Crippen molar-refractivity contribution in [1.82, 2.24) is 15.0 Å². The van der Waals surface area contributed by atoms with Crippen molar-refractivity contribution in [3.05, 3.63) is 0 Å². The van der Waals surface area contributed by atoms with E-state index in [2.05, 4.69) is 20.4 Å². The van der Waals surface area contributed by atoms with E-state index in [1.807, 2.05) is 30.9 Å². The quantitative estimate of drug-likeness (QED) is 0.579. The number of hydrogen-bond acceptors (Lipinski definition) is 8. The van der Waals surface area contributed by atoms with E-state index in [9.17, 15) is 0 Å². The van der Waals surface area contributed by atoms with Crippen LogP contribution in [0.2, 0.25) is 0 Å². The zero-order valence-electron chi connectivity index (χ0n) is 12.3. The Morgan fingerprint density at radius 3 is 2.60 bits per heavy atom. The molecular weight excluding hydrogens is 258 g/mol. The van der Waals surface area contributed by atoms with Crippen molar-refractivity contribution in [2.75, 3.05) is 56.1 Å². The molecule has 0 saturated carbocycles. The van der Waals surface area contributed by atoms with E-state index in [1.54, 1.807) is 0 Å². The van der Waals surface area contributed by atoms with Gasteiger partial charge in [0.2, 0.25) is 17.8 Å². The van der Waals surface area contributed by atoms with Crippen molar-refractivity contribution in [3.63, 3.8) is 0 Å². The molecule has 20 heavy (non-hydrogen) atoms. The molecule has 0 spiro atoms. The fourth-order valence-electron chi connectivity index (χ4n) is 2.21. The topological polar surface area (TPSA) is 92.4 Å². The molecule has 0 amide bonds. The Morgan fingerprint density at radius 2 is 2.00 bits per heavy atom. The van der Waals surface area contributed by atoms with Gasteiger partial charge in [0.15, 0.2) is 0 Å². The van der Waals surface area contributed by atoms with Crippen LogP contribution in [0.15, 0.2) is 0 Å². The average molecular weight is 281 g/mol. The molecule has 1 aromatic rings. The Morgan fingerprint density at radius 1 is 1.25 bits per heavy atom. The van der Waals surface area contributed by atoms with Crippen molar-refractivity contribution in [2.24, 2.45) is 11.8 Å². The normalized spacial score (nSPS) is 18.7. The van der Waals surface area contributed by atoms with Gasteiger partial charge in [0.05, 0.1) is 6.61 Å². The van der Waals surface area contributed by atoms with Gasteiger partial charge in [0.1, 0.15) is 0 Å². The number of rotatable bonds is 5. The predicted octanol–water partition coefficient (Wildman–Crippen LogP) is 0.0860. The summed E-state index contributed by atoms with van der Waals surface area (Å²) in [5.41, 5.74) is 2.48. The number of nitrogen functional groups attached to an aromatic ring is 1. The van der Waals surface area contributed by atoms with E-state index >= 15 is 0 Å². The van der Waals surface area contributed by atoms with Crippen LogP contribution in [-0.2, 0) is 4.74 Å². The van der Waals surface area contributed by atoms with Crippen LogP contribution in [0.4, 0.5) is 17.8 Å². The number of hydrogen-bond donors (Lipinski definition) is 2. The third kappa shape index (κ3) is 3.67. The lowest BCUT2D eigenvalue weighted by molar-refractivity contribution is 0.0575. The van der Waals surface area contributed by atoms with E-state index in [0.717, 1.165) is 26.2 Å². The summed E-state index contributed by atoms with van der Waals surface area (Å²) in [5, 5.41) is 0. The van der Waals surface area contributed by atoms with Crippen LogP contribution in [0, 0.1) is 5.92 Å². The van der Waals surface area contributed by atoms with Crippen LogP contribution in [0.25, 0.3) is 0 Å². The van der Waals surface area contributed by atoms with Gasteiger partial charge in [-0.25, -0.2) is 5.84 Å². The lowest BCUT2D eigenvalue weighted by Crippen LogP contribution is -2.32. The molecule has 1 unspecified atom stereocenters. The smallest absolute Gasteiger partial charge is 0.243 e. The molecule has 2 heterocycles. The molecule has 0 bridgehead atoms. The van der Waals surface area contributed by atoms with Gasteiger partial charge in [0, 0.05) is 34.3 Å². The SMILES string of the molecule is CN(C)c1nc(NN)nc(N(C)CC2CCCOC2)n1. The Kier molecular flexibility index (Phi) is 4.91. The van der Waals surface area contributed by atoms with Crippen molar-refractivity contribution >= 4 is 17.8 Å². The van der Waals surface area contributed by atoms with Crippen molar-refractivity contribution in [1.29, 1.82) is 0 Å². The molecule has 0 radical (unpaired) electrons. The van der Waals surface area contributed by atoms with Gasteiger partial charge in [-0.3, -0.25) is 5.43 Å². The van der Waals surface area contributed by atoms with Crippen LogP contribution < -0.4 is 21.1 Å². The van der Waals surface area contributed by atoms with E-state index in [1.165, 1.54) is 6.42 Å². The fourth-order valence-corrected chi connectivity index (χ4v) is 2.21. The lowest BCUT2D eigenvalue weighted by Gasteiger charge is -2.27. The maximum absolute atomic E-state index is 5.51. The summed E-state index contributed by atoms with van der Waals surface area (Å²) in [6, 6.07) is 0. The van der Waals surface area contributed by atoms with E-state index < -0.39 is 0 Å². The van der Waals surface area contributed by atoms with Gasteiger partial charge in [-0.05, 0) is 18.8 Å². The van der Waals surface area contributed by atoms with E-state index in [-0.39, 0.29) is 0 Å². The zero-order chi connectivity index (χ0) is 14.5. The second-order valence-corrected chi connectivity index (χ2v) is 5.26. The Labute approximate surface area is 119 Å². The van der Waals surface area contributed by atoms with Crippen LogP contribution in [-0.4, -0.2) is 55.9 Å². The molecule has 1 saturated heterocycles. The van der Waals surface area contributed by atoms with Gasteiger partial charge in [-0.1, -0.05) is 0 Å². The van der Waals surface area contributed by atoms with Gasteiger partial charge >= 0.3 is 0 Å². The minimum absolute atomic E-state index is 0.366. The summed E-state index contributed by atoms with van der Waals surface area (Å²) in [4.78, 5) is 16.8. The third-order valence-electron chi connectivity index (χ3n) is 3.27. The maximum Gasteiger partial charge on any atom is 0.243 e. The highest BCUT2D eigenvalue weighted by Gasteiger charge is 2.18. The van der Waals surface area contributed by atoms with Crippen molar-refractivity contribution < 1.29 is 4.74 Å². The summed E-state index contributed by atoms with van der Waals surface area (Å²) in [6.45, 7) is 2.54. The largest absolute Gasteiger partial charge is 0.381 e. The zero-order valence-corrected chi connectivity index (χ0v) is 12.3. The molecular formula is C12H23N7O. The first-order valence-electron chi connectivity index (χ1n) is 6.79. The van der Waals surface area contributed by atoms with Crippen LogP contribution in [0.5, 0.6) is 0 Å². The number of nitrogens with zero attached hydrogens (tertiary/aromatic N) is 5. The number of nitrogens with two attached hydrogens (primary N) is 1. The summed E-state index contributed by atoms with van der Waals surface area (Å²) in [6.07, 6.45) is 2.30. The summed E-state index contributed by atoms with van der Waals surface area (Å²) in [7, 11) is 5.74. The third-order valence-corrected chi connectivity index (χ3v) is 3.27. The highest BCUT2D eigenvalue weighted by Crippen LogP contribution is 2.18.